The van der Waals surface area contributed by atoms with Crippen LogP contribution in [0.25, 0.3) is 5.69 Å². The van der Waals surface area contributed by atoms with Gasteiger partial charge in [-0.05, 0) is 31.0 Å². The third-order valence-corrected chi connectivity index (χ3v) is 3.57. The molecule has 1 aromatic heterocycles. The van der Waals surface area contributed by atoms with Crippen LogP contribution >= 0.6 is 0 Å². The summed E-state index contributed by atoms with van der Waals surface area (Å²) in [5.41, 5.74) is 1.25. The number of hydrogen-bond donors (Lipinski definition) is 1. The molecule has 2 aromatic rings. The lowest BCUT2D eigenvalue weighted by Gasteiger charge is -2.23. The fraction of sp³-hybridized carbons (Fsp3) is 0.389. The van der Waals surface area contributed by atoms with Crippen LogP contribution in [0.1, 0.15) is 37.0 Å². The Labute approximate surface area is 142 Å². The molecule has 6 heteroatoms. The Hall–Kier alpha value is -2.63. The Morgan fingerprint density at radius 1 is 1.17 bits per heavy atom. The first-order valence-electron chi connectivity index (χ1n) is 8.32. The maximum absolute atomic E-state index is 13.0. The van der Waals surface area contributed by atoms with Crippen molar-refractivity contribution in [1.29, 1.82) is 0 Å². The summed E-state index contributed by atoms with van der Waals surface area (Å²) in [5, 5.41) is 7.02. The highest BCUT2D eigenvalue weighted by Crippen LogP contribution is 2.16. The molecule has 0 fully saturated rings. The minimum atomic E-state index is -0.158. The number of carbonyl (C=O) groups excluding carboxylic acids is 2. The standard InChI is InChI=1S/C18H24N4O2/c1-3-10-19-17(23)14-21(12-4-2)18(24)15-8-5-6-9-16(15)22-13-7-11-20-22/h5-9,11,13H,3-4,10,12,14H2,1-2H3,(H,19,23). The highest BCUT2D eigenvalue weighted by atomic mass is 16.2. The lowest BCUT2D eigenvalue weighted by Crippen LogP contribution is -2.41. The maximum Gasteiger partial charge on any atom is 0.256 e. The number of para-hydroxylation sites is 1. The fourth-order valence-corrected chi connectivity index (χ4v) is 2.45. The van der Waals surface area contributed by atoms with Gasteiger partial charge in [0.1, 0.15) is 0 Å². The Balaban J connectivity index is 2.22. The SMILES string of the molecule is CCCNC(=O)CN(CCC)C(=O)c1ccccc1-n1cccn1. The van der Waals surface area contributed by atoms with Gasteiger partial charge in [-0.3, -0.25) is 9.59 Å². The summed E-state index contributed by atoms with van der Waals surface area (Å²) in [6.07, 6.45) is 5.12. The van der Waals surface area contributed by atoms with E-state index in [0.29, 0.717) is 24.3 Å². The number of rotatable bonds is 8. The fourth-order valence-electron chi connectivity index (χ4n) is 2.45. The molecule has 6 nitrogen and oxygen atoms in total. The van der Waals surface area contributed by atoms with Gasteiger partial charge >= 0.3 is 0 Å². The van der Waals surface area contributed by atoms with Gasteiger partial charge in [-0.1, -0.05) is 26.0 Å². The molecule has 0 aliphatic carbocycles. The van der Waals surface area contributed by atoms with Gasteiger partial charge in [0.2, 0.25) is 5.91 Å². The van der Waals surface area contributed by atoms with E-state index in [1.54, 1.807) is 28.0 Å². The minimum absolute atomic E-state index is 0.0696. The lowest BCUT2D eigenvalue weighted by molar-refractivity contribution is -0.121. The normalized spacial score (nSPS) is 10.4. The first kappa shape index (κ1) is 17.7. The molecule has 0 spiro atoms. The molecule has 0 atom stereocenters. The van der Waals surface area contributed by atoms with Gasteiger partial charge in [0.05, 0.1) is 17.8 Å². The van der Waals surface area contributed by atoms with Crippen LogP contribution in [0, 0.1) is 0 Å². The highest BCUT2D eigenvalue weighted by molar-refractivity contribution is 5.99. The topological polar surface area (TPSA) is 67.2 Å². The van der Waals surface area contributed by atoms with Crippen molar-refractivity contribution >= 4 is 11.8 Å². The first-order valence-corrected chi connectivity index (χ1v) is 8.32. The summed E-state index contributed by atoms with van der Waals surface area (Å²) in [4.78, 5) is 26.6. The van der Waals surface area contributed by atoms with Crippen molar-refractivity contribution in [2.75, 3.05) is 19.6 Å². The Morgan fingerprint density at radius 3 is 2.62 bits per heavy atom. The van der Waals surface area contributed by atoms with Gasteiger partial charge in [0.25, 0.3) is 5.91 Å². The number of carbonyl (C=O) groups is 2. The Kier molecular flexibility index (Phi) is 6.54. The van der Waals surface area contributed by atoms with E-state index in [4.69, 9.17) is 0 Å². The van der Waals surface area contributed by atoms with Crippen LogP contribution in [-0.2, 0) is 4.79 Å². The molecule has 2 amide bonds. The van der Waals surface area contributed by atoms with Crippen molar-refractivity contribution in [3.63, 3.8) is 0 Å². The largest absolute Gasteiger partial charge is 0.355 e. The molecular weight excluding hydrogens is 304 g/mol. The number of nitrogens with one attached hydrogen (secondary N) is 1. The van der Waals surface area contributed by atoms with E-state index >= 15 is 0 Å². The maximum atomic E-state index is 13.0. The predicted molar refractivity (Wildman–Crippen MR) is 93.1 cm³/mol. The summed E-state index contributed by atoms with van der Waals surface area (Å²) in [5.74, 6) is -0.287. The molecule has 24 heavy (non-hydrogen) atoms. The number of hydrogen-bond acceptors (Lipinski definition) is 3. The second-order valence-electron chi connectivity index (χ2n) is 5.54. The van der Waals surface area contributed by atoms with E-state index < -0.39 is 0 Å². The predicted octanol–water partition coefficient (Wildman–Crippen LogP) is 2.25. The Bertz CT molecular complexity index is 667. The average Bonchev–Trinajstić information content (AvgIpc) is 3.13. The second-order valence-corrected chi connectivity index (χ2v) is 5.54. The van der Waals surface area contributed by atoms with Crippen LogP contribution in [-0.4, -0.2) is 46.1 Å². The van der Waals surface area contributed by atoms with Gasteiger partial charge in [-0.2, -0.15) is 5.10 Å². The van der Waals surface area contributed by atoms with Gasteiger partial charge in [0.15, 0.2) is 0 Å². The zero-order valence-corrected chi connectivity index (χ0v) is 14.2. The molecule has 2 rings (SSSR count). The molecule has 1 heterocycles. The van der Waals surface area contributed by atoms with E-state index in [2.05, 4.69) is 10.4 Å². The third kappa shape index (κ3) is 4.44. The molecule has 1 aromatic carbocycles. The van der Waals surface area contributed by atoms with Crippen molar-refractivity contribution in [2.45, 2.75) is 26.7 Å². The zero-order chi connectivity index (χ0) is 17.4. The van der Waals surface area contributed by atoms with Crippen LogP contribution in [0.15, 0.2) is 42.7 Å². The molecule has 0 unspecified atom stereocenters. The quantitative estimate of drug-likeness (QED) is 0.808. The van der Waals surface area contributed by atoms with Gasteiger partial charge < -0.3 is 10.2 Å². The van der Waals surface area contributed by atoms with Crippen LogP contribution in [0.3, 0.4) is 0 Å². The van der Waals surface area contributed by atoms with Crippen LogP contribution in [0.4, 0.5) is 0 Å². The number of benzene rings is 1. The molecule has 0 bridgehead atoms. The molecule has 1 N–H and O–H groups in total. The smallest absolute Gasteiger partial charge is 0.256 e. The summed E-state index contributed by atoms with van der Waals surface area (Å²) in [6, 6.07) is 9.12. The van der Waals surface area contributed by atoms with Gasteiger partial charge in [-0.15, -0.1) is 0 Å². The van der Waals surface area contributed by atoms with Crippen molar-refractivity contribution in [3.05, 3.63) is 48.3 Å². The summed E-state index contributed by atoms with van der Waals surface area (Å²) < 4.78 is 1.66. The summed E-state index contributed by atoms with van der Waals surface area (Å²) in [6.45, 7) is 5.21. The average molecular weight is 328 g/mol. The van der Waals surface area contributed by atoms with E-state index in [9.17, 15) is 9.59 Å². The third-order valence-electron chi connectivity index (χ3n) is 3.57. The molecule has 0 aliphatic rings. The molecule has 0 saturated carbocycles. The monoisotopic (exact) mass is 328 g/mol. The molecule has 0 radical (unpaired) electrons. The Morgan fingerprint density at radius 2 is 1.96 bits per heavy atom. The van der Waals surface area contributed by atoms with Crippen molar-refractivity contribution in [2.24, 2.45) is 0 Å². The number of nitrogens with zero attached hydrogens (tertiary/aromatic N) is 3. The van der Waals surface area contributed by atoms with Crippen LogP contribution < -0.4 is 5.32 Å². The highest BCUT2D eigenvalue weighted by Gasteiger charge is 2.21. The second kappa shape index (κ2) is 8.86. The van der Waals surface area contributed by atoms with Crippen molar-refractivity contribution in [3.8, 4) is 5.69 Å². The van der Waals surface area contributed by atoms with Gasteiger partial charge in [-0.25, -0.2) is 4.68 Å². The zero-order valence-electron chi connectivity index (χ0n) is 14.2. The van der Waals surface area contributed by atoms with Crippen LogP contribution in [0.2, 0.25) is 0 Å². The minimum Gasteiger partial charge on any atom is -0.355 e. The number of amides is 2. The van der Waals surface area contributed by atoms with Gasteiger partial charge in [0, 0.05) is 25.5 Å². The summed E-state index contributed by atoms with van der Waals surface area (Å²) in [7, 11) is 0. The van der Waals surface area contributed by atoms with E-state index in [1.165, 1.54) is 0 Å². The van der Waals surface area contributed by atoms with E-state index in [0.717, 1.165) is 12.8 Å². The van der Waals surface area contributed by atoms with Crippen molar-refractivity contribution < 1.29 is 9.59 Å². The molecule has 128 valence electrons. The van der Waals surface area contributed by atoms with E-state index in [1.807, 2.05) is 38.1 Å². The van der Waals surface area contributed by atoms with Crippen molar-refractivity contribution in [1.82, 2.24) is 20.0 Å². The molecule has 0 saturated heterocycles. The summed E-state index contributed by atoms with van der Waals surface area (Å²) >= 11 is 0. The van der Waals surface area contributed by atoms with E-state index in [-0.39, 0.29) is 18.4 Å². The van der Waals surface area contributed by atoms with Crippen LogP contribution in [0.5, 0.6) is 0 Å². The first-order chi connectivity index (χ1) is 11.7. The molecule has 0 aliphatic heterocycles. The number of aromatic nitrogens is 2. The lowest BCUT2D eigenvalue weighted by atomic mass is 10.1. The molecular formula is C18H24N4O2.